The highest BCUT2D eigenvalue weighted by molar-refractivity contribution is 6.31. The van der Waals surface area contributed by atoms with Gasteiger partial charge in [0.05, 0.1) is 0 Å². The maximum atomic E-state index is 6.28. The third kappa shape index (κ3) is 4.84. The molecule has 0 aliphatic rings. The molecule has 3 nitrogen and oxygen atoms in total. The summed E-state index contributed by atoms with van der Waals surface area (Å²) in [5.41, 5.74) is 2.30. The van der Waals surface area contributed by atoms with Gasteiger partial charge in [0.1, 0.15) is 0 Å². The molecule has 0 radical (unpaired) electrons. The lowest BCUT2D eigenvalue weighted by Crippen LogP contribution is -2.20. The van der Waals surface area contributed by atoms with Crippen LogP contribution in [0, 0.1) is 0 Å². The standard InChI is InChI=1S/C14H23ClN2O/c1-4-16-11-12-6-7-13(10-14(12)15)17(2)8-5-9-18-3/h6-7,10,16H,4-5,8-9,11H2,1-3H3. The maximum Gasteiger partial charge on any atom is 0.0479 e. The van der Waals surface area contributed by atoms with E-state index in [4.69, 9.17) is 16.3 Å². The lowest BCUT2D eigenvalue weighted by Gasteiger charge is -2.20. The van der Waals surface area contributed by atoms with Crippen molar-refractivity contribution in [2.45, 2.75) is 19.9 Å². The zero-order chi connectivity index (χ0) is 13.4. The average molecular weight is 271 g/mol. The number of halogens is 1. The van der Waals surface area contributed by atoms with Gasteiger partial charge in [-0.3, -0.25) is 0 Å². The minimum atomic E-state index is 0.788. The molecule has 4 heteroatoms. The molecule has 0 saturated carbocycles. The van der Waals surface area contributed by atoms with Crippen LogP contribution in [-0.2, 0) is 11.3 Å². The topological polar surface area (TPSA) is 24.5 Å². The van der Waals surface area contributed by atoms with Gasteiger partial charge in [-0.15, -0.1) is 0 Å². The van der Waals surface area contributed by atoms with Crippen molar-refractivity contribution < 1.29 is 4.74 Å². The number of rotatable bonds is 8. The van der Waals surface area contributed by atoms with Gasteiger partial charge in [0.15, 0.2) is 0 Å². The Labute approximate surface area is 115 Å². The minimum Gasteiger partial charge on any atom is -0.385 e. The summed E-state index contributed by atoms with van der Waals surface area (Å²) in [5, 5.41) is 4.11. The molecule has 0 unspecified atom stereocenters. The number of hydrogen-bond donors (Lipinski definition) is 1. The predicted molar refractivity (Wildman–Crippen MR) is 78.6 cm³/mol. The first-order chi connectivity index (χ1) is 8.69. The molecule has 1 rings (SSSR count). The van der Waals surface area contributed by atoms with Crippen molar-refractivity contribution in [3.8, 4) is 0 Å². The molecule has 1 aromatic rings. The van der Waals surface area contributed by atoms with Crippen LogP contribution in [0.1, 0.15) is 18.9 Å². The summed E-state index contributed by atoms with van der Waals surface area (Å²) >= 11 is 6.28. The van der Waals surface area contributed by atoms with Crippen LogP contribution < -0.4 is 10.2 Å². The molecule has 18 heavy (non-hydrogen) atoms. The van der Waals surface area contributed by atoms with Crippen molar-refractivity contribution in [1.82, 2.24) is 5.32 Å². The number of nitrogens with zero attached hydrogens (tertiary/aromatic N) is 1. The van der Waals surface area contributed by atoms with Crippen LogP contribution in [-0.4, -0.2) is 33.9 Å². The Balaban J connectivity index is 2.59. The number of methoxy groups -OCH3 is 1. The van der Waals surface area contributed by atoms with Gasteiger partial charge in [0.25, 0.3) is 0 Å². The van der Waals surface area contributed by atoms with Gasteiger partial charge in [-0.1, -0.05) is 24.6 Å². The zero-order valence-electron chi connectivity index (χ0n) is 11.5. The first kappa shape index (κ1) is 15.3. The number of nitrogens with one attached hydrogen (secondary N) is 1. The SMILES string of the molecule is CCNCc1ccc(N(C)CCCOC)cc1Cl. The fraction of sp³-hybridized carbons (Fsp3) is 0.571. The fourth-order valence-corrected chi connectivity index (χ4v) is 1.99. The molecule has 0 spiro atoms. The Morgan fingerprint density at radius 2 is 2.17 bits per heavy atom. The van der Waals surface area contributed by atoms with Crippen molar-refractivity contribution in [1.29, 1.82) is 0 Å². The highest BCUT2D eigenvalue weighted by Crippen LogP contribution is 2.23. The molecule has 0 saturated heterocycles. The molecule has 0 bridgehead atoms. The van der Waals surface area contributed by atoms with Crippen LogP contribution in [0.4, 0.5) is 5.69 Å². The number of anilines is 1. The van der Waals surface area contributed by atoms with Crippen molar-refractivity contribution in [2.24, 2.45) is 0 Å². The van der Waals surface area contributed by atoms with Crippen LogP contribution in [0.15, 0.2) is 18.2 Å². The molecular weight excluding hydrogens is 248 g/mol. The van der Waals surface area contributed by atoms with E-state index in [0.717, 1.165) is 48.9 Å². The van der Waals surface area contributed by atoms with Gasteiger partial charge in [-0.25, -0.2) is 0 Å². The van der Waals surface area contributed by atoms with Crippen LogP contribution in [0.3, 0.4) is 0 Å². The summed E-state index contributed by atoms with van der Waals surface area (Å²) in [6.07, 6.45) is 1.02. The van der Waals surface area contributed by atoms with Gasteiger partial charge >= 0.3 is 0 Å². The van der Waals surface area contributed by atoms with E-state index in [2.05, 4.69) is 36.3 Å². The second-order valence-electron chi connectivity index (χ2n) is 4.32. The third-order valence-electron chi connectivity index (χ3n) is 2.88. The minimum absolute atomic E-state index is 0.788. The van der Waals surface area contributed by atoms with E-state index in [9.17, 15) is 0 Å². The van der Waals surface area contributed by atoms with E-state index in [1.54, 1.807) is 7.11 Å². The predicted octanol–water partition coefficient (Wildman–Crippen LogP) is 2.92. The first-order valence-corrected chi connectivity index (χ1v) is 6.76. The van der Waals surface area contributed by atoms with Crippen LogP contribution in [0.25, 0.3) is 0 Å². The lowest BCUT2D eigenvalue weighted by atomic mass is 10.2. The number of ether oxygens (including phenoxy) is 1. The second kappa shape index (κ2) is 8.35. The van der Waals surface area contributed by atoms with Gasteiger partial charge in [-0.2, -0.15) is 0 Å². The van der Waals surface area contributed by atoms with Crippen molar-refractivity contribution >= 4 is 17.3 Å². The van der Waals surface area contributed by atoms with Gasteiger partial charge in [0.2, 0.25) is 0 Å². The van der Waals surface area contributed by atoms with E-state index >= 15 is 0 Å². The zero-order valence-corrected chi connectivity index (χ0v) is 12.3. The second-order valence-corrected chi connectivity index (χ2v) is 4.73. The fourth-order valence-electron chi connectivity index (χ4n) is 1.75. The Morgan fingerprint density at radius 1 is 1.39 bits per heavy atom. The summed E-state index contributed by atoms with van der Waals surface area (Å²) in [6.45, 7) is 5.62. The molecule has 1 N–H and O–H groups in total. The highest BCUT2D eigenvalue weighted by Gasteiger charge is 2.05. The molecule has 1 aromatic carbocycles. The first-order valence-electron chi connectivity index (χ1n) is 6.38. The van der Waals surface area contributed by atoms with E-state index in [0.29, 0.717) is 0 Å². The summed E-state index contributed by atoms with van der Waals surface area (Å²) in [7, 11) is 3.80. The third-order valence-corrected chi connectivity index (χ3v) is 3.24. The quantitative estimate of drug-likeness (QED) is 0.735. The normalized spacial score (nSPS) is 10.7. The Hall–Kier alpha value is -0.770. The monoisotopic (exact) mass is 270 g/mol. The molecular formula is C14H23ClN2O. The van der Waals surface area contributed by atoms with Crippen molar-refractivity contribution in [2.75, 3.05) is 38.8 Å². The molecule has 102 valence electrons. The van der Waals surface area contributed by atoms with E-state index in [1.807, 2.05) is 6.07 Å². The molecule has 0 aliphatic heterocycles. The highest BCUT2D eigenvalue weighted by atomic mass is 35.5. The largest absolute Gasteiger partial charge is 0.385 e. The Kier molecular flexibility index (Phi) is 7.09. The number of benzene rings is 1. The molecule has 0 fully saturated rings. The summed E-state index contributed by atoms with van der Waals surface area (Å²) in [4.78, 5) is 2.20. The Morgan fingerprint density at radius 3 is 2.78 bits per heavy atom. The summed E-state index contributed by atoms with van der Waals surface area (Å²) in [6, 6.07) is 6.24. The smallest absolute Gasteiger partial charge is 0.0479 e. The summed E-state index contributed by atoms with van der Waals surface area (Å²) in [5.74, 6) is 0. The Bertz CT molecular complexity index is 358. The van der Waals surface area contributed by atoms with Crippen LogP contribution >= 0.6 is 11.6 Å². The average Bonchev–Trinajstić information content (AvgIpc) is 2.37. The van der Waals surface area contributed by atoms with Crippen molar-refractivity contribution in [3.05, 3.63) is 28.8 Å². The van der Waals surface area contributed by atoms with Gasteiger partial charge in [0, 0.05) is 44.6 Å². The van der Waals surface area contributed by atoms with E-state index < -0.39 is 0 Å². The maximum absolute atomic E-state index is 6.28. The molecule has 0 heterocycles. The molecule has 0 aromatic heterocycles. The molecule has 0 amide bonds. The number of hydrogen-bond acceptors (Lipinski definition) is 3. The van der Waals surface area contributed by atoms with Crippen molar-refractivity contribution in [3.63, 3.8) is 0 Å². The van der Waals surface area contributed by atoms with Gasteiger partial charge in [-0.05, 0) is 30.7 Å². The molecule has 0 atom stereocenters. The van der Waals surface area contributed by atoms with E-state index in [1.165, 1.54) is 0 Å². The van der Waals surface area contributed by atoms with Crippen LogP contribution in [0.5, 0.6) is 0 Å². The van der Waals surface area contributed by atoms with Gasteiger partial charge < -0.3 is 15.0 Å². The molecule has 0 aliphatic carbocycles. The van der Waals surface area contributed by atoms with Crippen LogP contribution in [0.2, 0.25) is 5.02 Å². The van der Waals surface area contributed by atoms with E-state index in [-0.39, 0.29) is 0 Å². The lowest BCUT2D eigenvalue weighted by molar-refractivity contribution is 0.196. The summed E-state index contributed by atoms with van der Waals surface area (Å²) < 4.78 is 5.05.